The van der Waals surface area contributed by atoms with Crippen LogP contribution in [0.2, 0.25) is 0 Å². The molecule has 0 aromatic heterocycles. The number of carbonyl (C=O) groups is 2. The molecule has 1 N–H and O–H groups in total. The zero-order chi connectivity index (χ0) is 28.3. The van der Waals surface area contributed by atoms with E-state index in [9.17, 15) is 9.59 Å². The lowest BCUT2D eigenvalue weighted by atomic mass is 10.1. The second-order valence-corrected chi connectivity index (χ2v) is 11.9. The standard InChI is InChI=1S/C10H20N2O2.C10H20N2O.C9H19NO/c1-9(2)3-4-11-10(13)12-5-7-14-8-6-12;1-9(2)8-10(13)12-6-4-11(3)5-7-12;1-9(2)3-4-10-5-7-11-8-6-10/h9H,3-8H2,1-2H3,(H,11,13);9H,4-8H2,1-3H3;9H,3-8H2,1-2H3. The molecule has 3 heterocycles. The Kier molecular flexibility index (Phi) is 18.7. The van der Waals surface area contributed by atoms with Crippen molar-refractivity contribution in [2.75, 3.05) is 98.9 Å². The van der Waals surface area contributed by atoms with Gasteiger partial charge in [-0.25, -0.2) is 4.79 Å². The topological polar surface area (TPSA) is 77.6 Å². The number of amides is 3. The highest BCUT2D eigenvalue weighted by Gasteiger charge is 2.19. The van der Waals surface area contributed by atoms with E-state index in [2.05, 4.69) is 63.7 Å². The first-order chi connectivity index (χ1) is 18.1. The number of ether oxygens (including phenoxy) is 2. The molecule has 0 aromatic rings. The van der Waals surface area contributed by atoms with Crippen LogP contribution in [-0.2, 0) is 14.3 Å². The van der Waals surface area contributed by atoms with Crippen LogP contribution in [0.5, 0.6) is 0 Å². The molecule has 0 radical (unpaired) electrons. The van der Waals surface area contributed by atoms with Crippen LogP contribution in [0.25, 0.3) is 0 Å². The van der Waals surface area contributed by atoms with Crippen molar-refractivity contribution < 1.29 is 19.1 Å². The van der Waals surface area contributed by atoms with Crippen LogP contribution in [0.4, 0.5) is 4.79 Å². The van der Waals surface area contributed by atoms with E-state index in [0.29, 0.717) is 50.5 Å². The summed E-state index contributed by atoms with van der Waals surface area (Å²) in [6.07, 6.45) is 3.06. The van der Waals surface area contributed by atoms with E-state index in [1.807, 2.05) is 9.80 Å². The average Bonchev–Trinajstić information content (AvgIpc) is 2.89. The van der Waals surface area contributed by atoms with Gasteiger partial charge in [-0.2, -0.15) is 0 Å². The highest BCUT2D eigenvalue weighted by molar-refractivity contribution is 5.76. The summed E-state index contributed by atoms with van der Waals surface area (Å²) in [4.78, 5) is 31.7. The second kappa shape index (κ2) is 20.5. The summed E-state index contributed by atoms with van der Waals surface area (Å²) in [5.41, 5.74) is 0. The predicted octanol–water partition coefficient (Wildman–Crippen LogP) is 3.25. The number of hydrogen-bond donors (Lipinski definition) is 1. The second-order valence-electron chi connectivity index (χ2n) is 11.9. The minimum atomic E-state index is 0.0500. The molecule has 9 nitrogen and oxygen atoms in total. The molecular weight excluding hydrogens is 482 g/mol. The van der Waals surface area contributed by atoms with Gasteiger partial charge in [0.1, 0.15) is 0 Å². The zero-order valence-corrected chi connectivity index (χ0v) is 25.7. The summed E-state index contributed by atoms with van der Waals surface area (Å²) in [6, 6.07) is 0.0500. The molecule has 224 valence electrons. The van der Waals surface area contributed by atoms with Gasteiger partial charge in [0.15, 0.2) is 0 Å². The van der Waals surface area contributed by atoms with Crippen LogP contribution in [0.3, 0.4) is 0 Å². The summed E-state index contributed by atoms with van der Waals surface area (Å²) >= 11 is 0. The van der Waals surface area contributed by atoms with Crippen LogP contribution >= 0.6 is 0 Å². The number of carbonyl (C=O) groups excluding carboxylic acids is 2. The Morgan fingerprint density at radius 3 is 1.71 bits per heavy atom. The fraction of sp³-hybridized carbons (Fsp3) is 0.931. The van der Waals surface area contributed by atoms with Crippen molar-refractivity contribution in [1.82, 2.24) is 24.9 Å². The molecule has 0 saturated carbocycles. The molecule has 3 aliphatic heterocycles. The van der Waals surface area contributed by atoms with E-state index in [0.717, 1.165) is 71.4 Å². The lowest BCUT2D eigenvalue weighted by molar-refractivity contribution is -0.133. The first-order valence-corrected chi connectivity index (χ1v) is 14.9. The van der Waals surface area contributed by atoms with Crippen molar-refractivity contribution in [3.8, 4) is 0 Å². The third-order valence-electron chi connectivity index (χ3n) is 6.86. The molecule has 0 unspecified atom stereocenters. The molecule has 3 saturated heterocycles. The van der Waals surface area contributed by atoms with Crippen molar-refractivity contribution in [1.29, 1.82) is 0 Å². The number of hydrogen-bond acceptors (Lipinski definition) is 6. The van der Waals surface area contributed by atoms with Crippen molar-refractivity contribution in [2.45, 2.75) is 60.8 Å². The SMILES string of the molecule is CC(C)CC(=O)N1CCN(C)CC1.CC(C)CCN1CCOCC1.CC(C)CCNC(=O)N1CCOCC1. The van der Waals surface area contributed by atoms with Crippen LogP contribution in [0, 0.1) is 17.8 Å². The van der Waals surface area contributed by atoms with Gasteiger partial charge in [-0.05, 0) is 44.2 Å². The Labute approximate surface area is 233 Å². The molecule has 0 aromatic carbocycles. The third kappa shape index (κ3) is 17.2. The van der Waals surface area contributed by atoms with E-state index in [1.54, 1.807) is 0 Å². The van der Waals surface area contributed by atoms with Crippen LogP contribution < -0.4 is 5.32 Å². The first-order valence-electron chi connectivity index (χ1n) is 14.9. The van der Waals surface area contributed by atoms with Crippen LogP contribution in [0.15, 0.2) is 0 Å². The third-order valence-corrected chi connectivity index (χ3v) is 6.86. The maximum absolute atomic E-state index is 11.6. The van der Waals surface area contributed by atoms with Gasteiger partial charge in [0.05, 0.1) is 26.4 Å². The van der Waals surface area contributed by atoms with Gasteiger partial charge in [0.2, 0.25) is 5.91 Å². The minimum absolute atomic E-state index is 0.0500. The van der Waals surface area contributed by atoms with E-state index in [1.165, 1.54) is 13.0 Å². The smallest absolute Gasteiger partial charge is 0.317 e. The van der Waals surface area contributed by atoms with Crippen molar-refractivity contribution in [2.24, 2.45) is 17.8 Å². The molecule has 0 spiro atoms. The van der Waals surface area contributed by atoms with Gasteiger partial charge in [-0.3, -0.25) is 9.69 Å². The lowest BCUT2D eigenvalue weighted by Gasteiger charge is -2.32. The van der Waals surface area contributed by atoms with Crippen molar-refractivity contribution in [3.63, 3.8) is 0 Å². The van der Waals surface area contributed by atoms with Gasteiger partial charge < -0.3 is 29.5 Å². The molecular formula is C29H59N5O4. The van der Waals surface area contributed by atoms with E-state index in [-0.39, 0.29) is 6.03 Å². The number of nitrogens with zero attached hydrogens (tertiary/aromatic N) is 4. The average molecular weight is 542 g/mol. The molecule has 3 rings (SSSR count). The minimum Gasteiger partial charge on any atom is -0.379 e. The molecule has 9 heteroatoms. The van der Waals surface area contributed by atoms with Crippen molar-refractivity contribution >= 4 is 11.9 Å². The van der Waals surface area contributed by atoms with Gasteiger partial charge >= 0.3 is 6.03 Å². The number of piperazine rings is 1. The van der Waals surface area contributed by atoms with Gasteiger partial charge in [-0.15, -0.1) is 0 Å². The Hall–Kier alpha value is -1.42. The zero-order valence-electron chi connectivity index (χ0n) is 25.7. The summed E-state index contributed by atoms with van der Waals surface area (Å²) in [5.74, 6) is 2.27. The van der Waals surface area contributed by atoms with Gasteiger partial charge in [0.25, 0.3) is 0 Å². The molecule has 3 aliphatic rings. The summed E-state index contributed by atoms with van der Waals surface area (Å²) in [6.45, 7) is 25.8. The Morgan fingerprint density at radius 2 is 1.21 bits per heavy atom. The van der Waals surface area contributed by atoms with Gasteiger partial charge in [0, 0.05) is 65.3 Å². The normalized spacial score (nSPS) is 19.1. The van der Waals surface area contributed by atoms with E-state index in [4.69, 9.17) is 9.47 Å². The highest BCUT2D eigenvalue weighted by Crippen LogP contribution is 2.07. The summed E-state index contributed by atoms with van der Waals surface area (Å²) in [5, 5.41) is 2.92. The molecule has 3 amide bonds. The number of morpholine rings is 2. The summed E-state index contributed by atoms with van der Waals surface area (Å²) in [7, 11) is 2.10. The quantitative estimate of drug-likeness (QED) is 0.508. The van der Waals surface area contributed by atoms with E-state index >= 15 is 0 Å². The molecule has 38 heavy (non-hydrogen) atoms. The Morgan fingerprint density at radius 1 is 0.684 bits per heavy atom. The fourth-order valence-corrected chi connectivity index (χ4v) is 4.15. The predicted molar refractivity (Wildman–Crippen MR) is 155 cm³/mol. The number of urea groups is 1. The molecule has 0 bridgehead atoms. The first kappa shape index (κ1) is 34.6. The van der Waals surface area contributed by atoms with Crippen molar-refractivity contribution in [3.05, 3.63) is 0 Å². The van der Waals surface area contributed by atoms with Gasteiger partial charge in [-0.1, -0.05) is 41.5 Å². The lowest BCUT2D eigenvalue weighted by Crippen LogP contribution is -2.47. The Bertz CT molecular complexity index is 612. The Balaban J connectivity index is 0.000000287. The largest absolute Gasteiger partial charge is 0.379 e. The molecule has 3 fully saturated rings. The number of likely N-dealkylation sites (N-methyl/N-ethyl adjacent to an activating group) is 1. The maximum Gasteiger partial charge on any atom is 0.317 e. The van der Waals surface area contributed by atoms with E-state index < -0.39 is 0 Å². The number of nitrogens with one attached hydrogen (secondary N) is 1. The maximum atomic E-state index is 11.6. The monoisotopic (exact) mass is 541 g/mol. The van der Waals surface area contributed by atoms with Crippen LogP contribution in [-0.4, -0.2) is 130 Å². The molecule has 0 atom stereocenters. The van der Waals surface area contributed by atoms with Crippen LogP contribution in [0.1, 0.15) is 60.8 Å². The highest BCUT2D eigenvalue weighted by atomic mass is 16.5. The summed E-state index contributed by atoms with van der Waals surface area (Å²) < 4.78 is 10.4. The fourth-order valence-electron chi connectivity index (χ4n) is 4.15. The molecule has 0 aliphatic carbocycles. The number of rotatable bonds is 8.